The van der Waals surface area contributed by atoms with E-state index in [2.05, 4.69) is 10.2 Å². The van der Waals surface area contributed by atoms with Gasteiger partial charge < -0.3 is 10.2 Å². The van der Waals surface area contributed by atoms with Gasteiger partial charge in [-0.05, 0) is 19.3 Å². The minimum absolute atomic E-state index is 0.133. The van der Waals surface area contributed by atoms with Crippen LogP contribution < -0.4 is 0 Å². The molecule has 0 radical (unpaired) electrons. The average Bonchev–Trinajstić information content (AvgIpc) is 2.98. The second-order valence-corrected chi connectivity index (χ2v) is 6.45. The van der Waals surface area contributed by atoms with Crippen molar-refractivity contribution in [1.29, 1.82) is 0 Å². The maximum Gasteiger partial charge on any atom is 0.340 e. The lowest BCUT2D eigenvalue weighted by Gasteiger charge is -2.17. The first-order valence-corrected chi connectivity index (χ1v) is 7.23. The highest BCUT2D eigenvalue weighted by molar-refractivity contribution is 7.89. The molecule has 0 aliphatic carbocycles. The number of carboxylic acids is 1. The van der Waals surface area contributed by atoms with Gasteiger partial charge in [-0.1, -0.05) is 0 Å². The van der Waals surface area contributed by atoms with Gasteiger partial charge in [0, 0.05) is 13.1 Å². The van der Waals surface area contributed by atoms with E-state index < -0.39 is 27.1 Å². The van der Waals surface area contributed by atoms with Gasteiger partial charge in [0.25, 0.3) is 10.0 Å². The van der Waals surface area contributed by atoms with E-state index in [1.807, 2.05) is 0 Å². The third-order valence-corrected chi connectivity index (χ3v) is 5.14. The zero-order chi connectivity index (χ0) is 14.2. The van der Waals surface area contributed by atoms with Gasteiger partial charge in [-0.2, -0.15) is 9.40 Å². The normalized spacial score (nSPS) is 22.5. The second-order valence-electron chi connectivity index (χ2n) is 4.57. The number of nitrogens with zero attached hydrogens (tertiary/aromatic N) is 2. The van der Waals surface area contributed by atoms with E-state index in [0.29, 0.717) is 6.42 Å². The number of aliphatic hydroxyl groups excluding tert-OH is 1. The Labute approximate surface area is 110 Å². The van der Waals surface area contributed by atoms with Crippen LogP contribution in [0, 0.1) is 5.92 Å². The molecule has 3 N–H and O–H groups in total. The van der Waals surface area contributed by atoms with Gasteiger partial charge in [0.2, 0.25) is 0 Å². The van der Waals surface area contributed by atoms with E-state index in [0.717, 1.165) is 6.20 Å². The molecule has 2 atom stereocenters. The molecule has 0 bridgehead atoms. The quantitative estimate of drug-likeness (QED) is 0.686. The molecule has 1 aromatic rings. The number of aromatic nitrogens is 2. The first-order valence-electron chi connectivity index (χ1n) is 5.79. The molecule has 0 saturated carbocycles. The van der Waals surface area contributed by atoms with Gasteiger partial charge in [0.1, 0.15) is 5.56 Å². The molecule has 19 heavy (non-hydrogen) atoms. The summed E-state index contributed by atoms with van der Waals surface area (Å²) in [5.74, 6) is -1.48. The molecule has 0 amide bonds. The SMILES string of the molecule is CC(O)C1CCN(S(=O)(=O)c2[nH]ncc2C(=O)O)C1. The molecule has 2 heterocycles. The van der Waals surface area contributed by atoms with Crippen LogP contribution in [0.15, 0.2) is 11.2 Å². The number of rotatable bonds is 4. The fourth-order valence-electron chi connectivity index (χ4n) is 2.12. The highest BCUT2D eigenvalue weighted by Crippen LogP contribution is 2.26. The van der Waals surface area contributed by atoms with E-state index in [9.17, 15) is 18.3 Å². The summed E-state index contributed by atoms with van der Waals surface area (Å²) in [4.78, 5) is 10.9. The third kappa shape index (κ3) is 2.48. The summed E-state index contributed by atoms with van der Waals surface area (Å²) in [6.45, 7) is 2.05. The summed E-state index contributed by atoms with van der Waals surface area (Å²) in [5, 5.41) is 23.7. The third-order valence-electron chi connectivity index (χ3n) is 3.30. The zero-order valence-corrected chi connectivity index (χ0v) is 11.1. The van der Waals surface area contributed by atoms with Gasteiger partial charge in [0.15, 0.2) is 5.03 Å². The van der Waals surface area contributed by atoms with E-state index in [4.69, 9.17) is 5.11 Å². The number of carboxylic acid groups (broad SMARTS) is 1. The van der Waals surface area contributed by atoms with Gasteiger partial charge in [0.05, 0.1) is 12.3 Å². The number of aliphatic hydroxyl groups is 1. The Morgan fingerprint density at radius 2 is 2.32 bits per heavy atom. The van der Waals surface area contributed by atoms with Crippen molar-refractivity contribution in [3.05, 3.63) is 11.8 Å². The number of nitrogens with one attached hydrogen (secondary N) is 1. The molecular weight excluding hydrogens is 274 g/mol. The fraction of sp³-hybridized carbons (Fsp3) is 0.600. The van der Waals surface area contributed by atoms with Crippen LogP contribution in [0.25, 0.3) is 0 Å². The lowest BCUT2D eigenvalue weighted by molar-refractivity contribution is 0.0692. The standard InChI is InChI=1S/C10H15N3O5S/c1-6(14)7-2-3-13(5-7)19(17,18)9-8(10(15)16)4-11-12-9/h4,6-7,14H,2-3,5H2,1H3,(H,11,12)(H,15,16). The van der Waals surface area contributed by atoms with Crippen molar-refractivity contribution in [2.75, 3.05) is 13.1 Å². The van der Waals surface area contributed by atoms with Crippen molar-refractivity contribution in [1.82, 2.24) is 14.5 Å². The minimum atomic E-state index is -3.91. The minimum Gasteiger partial charge on any atom is -0.478 e. The Morgan fingerprint density at radius 3 is 2.84 bits per heavy atom. The van der Waals surface area contributed by atoms with Crippen molar-refractivity contribution in [3.8, 4) is 0 Å². The van der Waals surface area contributed by atoms with Gasteiger partial charge >= 0.3 is 5.97 Å². The lowest BCUT2D eigenvalue weighted by Crippen LogP contribution is -2.31. The summed E-state index contributed by atoms with van der Waals surface area (Å²) in [7, 11) is -3.91. The van der Waals surface area contributed by atoms with Crippen LogP contribution in [-0.4, -0.2) is 58.3 Å². The largest absolute Gasteiger partial charge is 0.478 e. The molecule has 9 heteroatoms. The average molecular weight is 289 g/mol. The first-order chi connectivity index (χ1) is 8.84. The number of aromatic amines is 1. The van der Waals surface area contributed by atoms with Crippen LogP contribution in [0.2, 0.25) is 0 Å². The predicted molar refractivity (Wildman–Crippen MR) is 64.1 cm³/mol. The lowest BCUT2D eigenvalue weighted by atomic mass is 10.0. The van der Waals surface area contributed by atoms with Crippen LogP contribution >= 0.6 is 0 Å². The molecule has 1 fully saturated rings. The van der Waals surface area contributed by atoms with Gasteiger partial charge in [-0.15, -0.1) is 0 Å². The Morgan fingerprint density at radius 1 is 1.63 bits per heavy atom. The summed E-state index contributed by atoms with van der Waals surface area (Å²) >= 11 is 0. The van der Waals surface area contributed by atoms with Crippen LogP contribution in [0.1, 0.15) is 23.7 Å². The molecule has 1 aliphatic heterocycles. The highest BCUT2D eigenvalue weighted by Gasteiger charge is 2.37. The number of H-pyrrole nitrogens is 1. The molecule has 1 saturated heterocycles. The van der Waals surface area contributed by atoms with E-state index in [1.54, 1.807) is 6.92 Å². The maximum atomic E-state index is 12.3. The van der Waals surface area contributed by atoms with Crippen molar-refractivity contribution in [2.24, 2.45) is 5.92 Å². The summed E-state index contributed by atoms with van der Waals surface area (Å²) in [6, 6.07) is 0. The maximum absolute atomic E-state index is 12.3. The van der Waals surface area contributed by atoms with Crippen molar-refractivity contribution >= 4 is 16.0 Å². The number of hydrogen-bond acceptors (Lipinski definition) is 5. The Bertz CT molecular complexity index is 580. The Balaban J connectivity index is 2.29. The number of hydrogen-bond donors (Lipinski definition) is 3. The smallest absolute Gasteiger partial charge is 0.340 e. The van der Waals surface area contributed by atoms with Crippen LogP contribution in [0.4, 0.5) is 0 Å². The summed E-state index contributed by atoms with van der Waals surface area (Å²) in [6.07, 6.45) is 0.922. The number of aromatic carboxylic acids is 1. The molecule has 2 rings (SSSR count). The molecule has 0 aromatic carbocycles. The molecular formula is C10H15N3O5S. The molecule has 8 nitrogen and oxygen atoms in total. The second kappa shape index (κ2) is 4.91. The van der Waals surface area contributed by atoms with Crippen molar-refractivity contribution < 1.29 is 23.4 Å². The predicted octanol–water partition coefficient (Wildman–Crippen LogP) is -0.501. The monoisotopic (exact) mass is 289 g/mol. The van der Waals surface area contributed by atoms with Gasteiger partial charge in [-0.25, -0.2) is 13.2 Å². The van der Waals surface area contributed by atoms with Crippen LogP contribution in [-0.2, 0) is 10.0 Å². The Kier molecular flexibility index (Phi) is 3.61. The van der Waals surface area contributed by atoms with Crippen molar-refractivity contribution in [2.45, 2.75) is 24.5 Å². The highest BCUT2D eigenvalue weighted by atomic mass is 32.2. The number of carbonyl (C=O) groups is 1. The summed E-state index contributed by atoms with van der Waals surface area (Å²) in [5.41, 5.74) is -0.375. The van der Waals surface area contributed by atoms with Crippen molar-refractivity contribution in [3.63, 3.8) is 0 Å². The molecule has 106 valence electrons. The van der Waals surface area contributed by atoms with Crippen LogP contribution in [0.5, 0.6) is 0 Å². The first kappa shape index (κ1) is 14.0. The fourth-order valence-corrected chi connectivity index (χ4v) is 3.70. The molecule has 2 unspecified atom stereocenters. The molecule has 1 aromatic heterocycles. The number of sulfonamides is 1. The van der Waals surface area contributed by atoms with E-state index in [1.165, 1.54) is 4.31 Å². The summed E-state index contributed by atoms with van der Waals surface area (Å²) < 4.78 is 25.8. The zero-order valence-electron chi connectivity index (χ0n) is 10.3. The van der Waals surface area contributed by atoms with Gasteiger partial charge in [-0.3, -0.25) is 5.10 Å². The molecule has 1 aliphatic rings. The van der Waals surface area contributed by atoms with E-state index in [-0.39, 0.29) is 24.6 Å². The topological polar surface area (TPSA) is 124 Å². The molecule has 0 spiro atoms. The van der Waals surface area contributed by atoms with Crippen LogP contribution in [0.3, 0.4) is 0 Å². The van der Waals surface area contributed by atoms with E-state index >= 15 is 0 Å². The Hall–Kier alpha value is -1.45.